The Morgan fingerprint density at radius 1 is 1.43 bits per heavy atom. The molecule has 1 amide bonds. The van der Waals surface area contributed by atoms with Gasteiger partial charge >= 0.3 is 0 Å². The van der Waals surface area contributed by atoms with Crippen LogP contribution < -0.4 is 15.4 Å². The second-order valence-corrected chi connectivity index (χ2v) is 5.97. The van der Waals surface area contributed by atoms with E-state index < -0.39 is 0 Å². The normalized spacial score (nSPS) is 17.7. The van der Waals surface area contributed by atoms with Crippen molar-refractivity contribution in [1.82, 2.24) is 10.6 Å². The van der Waals surface area contributed by atoms with Crippen molar-refractivity contribution in [3.05, 3.63) is 28.2 Å². The van der Waals surface area contributed by atoms with E-state index in [4.69, 9.17) is 27.9 Å². The molecule has 1 aliphatic rings. The molecule has 116 valence electrons. The molecule has 0 saturated carbocycles. The quantitative estimate of drug-likeness (QED) is 0.755. The van der Waals surface area contributed by atoms with Gasteiger partial charge in [0.15, 0.2) is 0 Å². The van der Waals surface area contributed by atoms with Gasteiger partial charge in [-0.3, -0.25) is 4.79 Å². The number of hydrogen-bond donors (Lipinski definition) is 2. The third kappa shape index (κ3) is 5.73. The van der Waals surface area contributed by atoms with E-state index in [0.717, 1.165) is 25.8 Å². The predicted octanol–water partition coefficient (Wildman–Crippen LogP) is 3.02. The van der Waals surface area contributed by atoms with Crippen molar-refractivity contribution in [2.24, 2.45) is 0 Å². The first-order valence-corrected chi connectivity index (χ1v) is 7.98. The summed E-state index contributed by atoms with van der Waals surface area (Å²) >= 11 is 11.8. The minimum Gasteiger partial charge on any atom is -0.492 e. The van der Waals surface area contributed by atoms with Crippen molar-refractivity contribution in [2.75, 3.05) is 19.7 Å². The van der Waals surface area contributed by atoms with Gasteiger partial charge in [-0.05, 0) is 44.0 Å². The van der Waals surface area contributed by atoms with Gasteiger partial charge in [-0.15, -0.1) is 0 Å². The molecule has 1 unspecified atom stereocenters. The summed E-state index contributed by atoms with van der Waals surface area (Å²) < 4.78 is 5.55. The third-order valence-electron chi connectivity index (χ3n) is 3.39. The molecule has 0 aromatic heterocycles. The van der Waals surface area contributed by atoms with E-state index in [0.29, 0.717) is 41.4 Å². The summed E-state index contributed by atoms with van der Waals surface area (Å²) in [7, 11) is 0. The van der Waals surface area contributed by atoms with Crippen LogP contribution in [0.5, 0.6) is 5.75 Å². The highest BCUT2D eigenvalue weighted by molar-refractivity contribution is 6.35. The van der Waals surface area contributed by atoms with Gasteiger partial charge in [0.05, 0.1) is 11.6 Å². The summed E-state index contributed by atoms with van der Waals surface area (Å²) in [6.07, 6.45) is 3.55. The van der Waals surface area contributed by atoms with Crippen LogP contribution in [0.1, 0.15) is 25.7 Å². The Labute approximate surface area is 135 Å². The Balaban J connectivity index is 1.58. The third-order valence-corrected chi connectivity index (χ3v) is 3.92. The lowest BCUT2D eigenvalue weighted by Crippen LogP contribution is -2.32. The lowest BCUT2D eigenvalue weighted by molar-refractivity contribution is -0.121. The summed E-state index contributed by atoms with van der Waals surface area (Å²) in [6, 6.07) is 5.47. The summed E-state index contributed by atoms with van der Waals surface area (Å²) in [6.45, 7) is 2.13. The molecule has 6 heteroatoms. The van der Waals surface area contributed by atoms with Gasteiger partial charge in [-0.25, -0.2) is 0 Å². The van der Waals surface area contributed by atoms with Crippen LogP contribution in [-0.2, 0) is 4.79 Å². The SMILES string of the molecule is O=C(CC1CCCN1)NCCCOc1ccc(Cl)cc1Cl. The molecular weight excluding hydrogens is 311 g/mol. The van der Waals surface area contributed by atoms with Crippen LogP contribution in [0.2, 0.25) is 10.0 Å². The molecule has 4 nitrogen and oxygen atoms in total. The van der Waals surface area contributed by atoms with Crippen molar-refractivity contribution in [3.8, 4) is 5.75 Å². The molecule has 0 bridgehead atoms. The Hall–Kier alpha value is -0.970. The zero-order valence-corrected chi connectivity index (χ0v) is 13.3. The molecule has 1 atom stereocenters. The monoisotopic (exact) mass is 330 g/mol. The first-order valence-electron chi connectivity index (χ1n) is 7.23. The number of rotatable bonds is 7. The second-order valence-electron chi connectivity index (χ2n) is 5.12. The van der Waals surface area contributed by atoms with Crippen molar-refractivity contribution in [3.63, 3.8) is 0 Å². The van der Waals surface area contributed by atoms with Crippen LogP contribution >= 0.6 is 23.2 Å². The molecular formula is C15H20Cl2N2O2. The fraction of sp³-hybridized carbons (Fsp3) is 0.533. The average Bonchev–Trinajstić information content (AvgIpc) is 2.93. The van der Waals surface area contributed by atoms with Gasteiger partial charge in [-0.1, -0.05) is 23.2 Å². The van der Waals surface area contributed by atoms with E-state index in [9.17, 15) is 4.79 Å². The highest BCUT2D eigenvalue weighted by atomic mass is 35.5. The summed E-state index contributed by atoms with van der Waals surface area (Å²) in [5.41, 5.74) is 0. The number of benzene rings is 1. The van der Waals surface area contributed by atoms with Crippen molar-refractivity contribution < 1.29 is 9.53 Å². The zero-order valence-electron chi connectivity index (χ0n) is 11.8. The Kier molecular flexibility index (Phi) is 6.61. The minimum atomic E-state index is 0.0962. The molecule has 2 rings (SSSR count). The Morgan fingerprint density at radius 2 is 2.29 bits per heavy atom. The fourth-order valence-corrected chi connectivity index (χ4v) is 2.76. The highest BCUT2D eigenvalue weighted by Crippen LogP contribution is 2.27. The molecule has 1 fully saturated rings. The zero-order chi connectivity index (χ0) is 15.1. The summed E-state index contributed by atoms with van der Waals surface area (Å²) in [5.74, 6) is 0.710. The number of carbonyl (C=O) groups is 1. The van der Waals surface area contributed by atoms with Crippen molar-refractivity contribution in [2.45, 2.75) is 31.7 Å². The second kappa shape index (κ2) is 8.47. The maximum absolute atomic E-state index is 11.7. The van der Waals surface area contributed by atoms with E-state index in [1.165, 1.54) is 0 Å². The van der Waals surface area contributed by atoms with Gasteiger partial charge in [-0.2, -0.15) is 0 Å². The maximum Gasteiger partial charge on any atom is 0.221 e. The van der Waals surface area contributed by atoms with Crippen LogP contribution in [0.4, 0.5) is 0 Å². The topological polar surface area (TPSA) is 50.4 Å². The van der Waals surface area contributed by atoms with Crippen molar-refractivity contribution >= 4 is 29.1 Å². The summed E-state index contributed by atoms with van der Waals surface area (Å²) in [4.78, 5) is 11.7. The molecule has 1 aromatic rings. The molecule has 1 aromatic carbocycles. The van der Waals surface area contributed by atoms with Gasteiger partial charge in [0, 0.05) is 24.0 Å². The van der Waals surface area contributed by atoms with E-state index in [1.807, 2.05) is 0 Å². The minimum absolute atomic E-state index is 0.0962. The fourth-order valence-electron chi connectivity index (χ4n) is 2.30. The molecule has 1 saturated heterocycles. The lowest BCUT2D eigenvalue weighted by Gasteiger charge is -2.11. The van der Waals surface area contributed by atoms with Crippen molar-refractivity contribution in [1.29, 1.82) is 0 Å². The standard InChI is InChI=1S/C15H20Cl2N2O2/c16-11-4-5-14(13(17)9-11)21-8-2-7-19-15(20)10-12-3-1-6-18-12/h4-5,9,12,18H,1-3,6-8,10H2,(H,19,20). The van der Waals surface area contributed by atoms with Gasteiger partial charge in [0.1, 0.15) is 5.75 Å². The lowest BCUT2D eigenvalue weighted by atomic mass is 10.1. The van der Waals surface area contributed by atoms with Gasteiger partial charge in [0.25, 0.3) is 0 Å². The molecule has 2 N–H and O–H groups in total. The number of nitrogens with one attached hydrogen (secondary N) is 2. The highest BCUT2D eigenvalue weighted by Gasteiger charge is 2.17. The van der Waals surface area contributed by atoms with Crippen LogP contribution in [0.3, 0.4) is 0 Å². The largest absolute Gasteiger partial charge is 0.492 e. The van der Waals surface area contributed by atoms with E-state index in [1.54, 1.807) is 18.2 Å². The molecule has 1 heterocycles. The Bertz CT molecular complexity index is 477. The van der Waals surface area contributed by atoms with Crippen LogP contribution in [0.15, 0.2) is 18.2 Å². The summed E-state index contributed by atoms with van der Waals surface area (Å²) in [5, 5.41) is 7.30. The molecule has 21 heavy (non-hydrogen) atoms. The maximum atomic E-state index is 11.7. The number of hydrogen-bond acceptors (Lipinski definition) is 3. The van der Waals surface area contributed by atoms with Crippen LogP contribution in [0.25, 0.3) is 0 Å². The number of amides is 1. The first-order chi connectivity index (χ1) is 10.1. The van der Waals surface area contributed by atoms with Crippen LogP contribution in [-0.4, -0.2) is 31.6 Å². The number of ether oxygens (including phenoxy) is 1. The molecule has 0 aliphatic carbocycles. The molecule has 0 spiro atoms. The van der Waals surface area contributed by atoms with E-state index in [-0.39, 0.29) is 5.91 Å². The van der Waals surface area contributed by atoms with E-state index >= 15 is 0 Å². The Morgan fingerprint density at radius 3 is 3.00 bits per heavy atom. The first kappa shape index (κ1) is 16.4. The van der Waals surface area contributed by atoms with E-state index in [2.05, 4.69) is 10.6 Å². The van der Waals surface area contributed by atoms with Gasteiger partial charge < -0.3 is 15.4 Å². The number of halogens is 2. The molecule has 0 radical (unpaired) electrons. The number of carbonyl (C=O) groups excluding carboxylic acids is 1. The average molecular weight is 331 g/mol. The molecule has 1 aliphatic heterocycles. The smallest absolute Gasteiger partial charge is 0.221 e. The van der Waals surface area contributed by atoms with Gasteiger partial charge in [0.2, 0.25) is 5.91 Å². The predicted molar refractivity (Wildman–Crippen MR) is 85.2 cm³/mol. The van der Waals surface area contributed by atoms with Crippen LogP contribution in [0, 0.1) is 0 Å².